The second kappa shape index (κ2) is 7.87. The SMILES string of the molecule is Cc1cccc(-c2ccccc2)c1N(c1ccc2c(c1C)C(C)(C)c1ccccc1-2)C(C)(C)C. The fourth-order valence-electron chi connectivity index (χ4n) is 5.99. The molecule has 0 radical (unpaired) electrons. The fraction of sp³-hybridized carbons (Fsp3) is 0.273. The molecule has 0 saturated heterocycles. The van der Waals surface area contributed by atoms with Crippen molar-refractivity contribution in [3.05, 3.63) is 107 Å². The number of benzene rings is 4. The minimum atomic E-state index is -0.107. The Morgan fingerprint density at radius 2 is 1.29 bits per heavy atom. The second-order valence-corrected chi connectivity index (χ2v) is 11.1. The van der Waals surface area contributed by atoms with E-state index in [9.17, 15) is 0 Å². The minimum absolute atomic E-state index is 0.0242. The zero-order valence-corrected chi connectivity index (χ0v) is 21.5. The lowest BCUT2D eigenvalue weighted by Gasteiger charge is -2.42. The van der Waals surface area contributed by atoms with Gasteiger partial charge in [0.25, 0.3) is 0 Å². The third kappa shape index (κ3) is 3.38. The van der Waals surface area contributed by atoms with Crippen molar-refractivity contribution >= 4 is 11.4 Å². The molecule has 172 valence electrons. The normalized spacial score (nSPS) is 14.0. The van der Waals surface area contributed by atoms with Crippen molar-refractivity contribution in [2.75, 3.05) is 4.90 Å². The van der Waals surface area contributed by atoms with E-state index in [0.717, 1.165) is 0 Å². The molecule has 0 heterocycles. The van der Waals surface area contributed by atoms with Gasteiger partial charge in [0.05, 0.1) is 5.69 Å². The molecule has 1 aliphatic carbocycles. The van der Waals surface area contributed by atoms with E-state index in [-0.39, 0.29) is 11.0 Å². The number of nitrogens with zero attached hydrogens (tertiary/aromatic N) is 1. The molecule has 1 nitrogen and oxygen atoms in total. The largest absolute Gasteiger partial charge is 0.335 e. The molecule has 0 aromatic heterocycles. The lowest BCUT2D eigenvalue weighted by atomic mass is 9.79. The first-order chi connectivity index (χ1) is 16.1. The van der Waals surface area contributed by atoms with Crippen molar-refractivity contribution in [2.24, 2.45) is 0 Å². The first-order valence-electron chi connectivity index (χ1n) is 12.3. The third-order valence-electron chi connectivity index (χ3n) is 7.41. The zero-order chi connectivity index (χ0) is 24.3. The van der Waals surface area contributed by atoms with Crippen molar-refractivity contribution in [2.45, 2.75) is 59.4 Å². The number of anilines is 2. The summed E-state index contributed by atoms with van der Waals surface area (Å²) in [5, 5.41) is 0. The molecule has 0 spiro atoms. The van der Waals surface area contributed by atoms with Gasteiger partial charge in [-0.25, -0.2) is 0 Å². The van der Waals surface area contributed by atoms with Gasteiger partial charge in [0.1, 0.15) is 0 Å². The summed E-state index contributed by atoms with van der Waals surface area (Å²) in [6, 6.07) is 31.1. The highest BCUT2D eigenvalue weighted by Crippen LogP contribution is 2.53. The van der Waals surface area contributed by atoms with Gasteiger partial charge in [0, 0.05) is 22.2 Å². The number of rotatable bonds is 3. The number of fused-ring (bicyclic) bond motifs is 3. The van der Waals surface area contributed by atoms with Crippen LogP contribution in [0.5, 0.6) is 0 Å². The second-order valence-electron chi connectivity index (χ2n) is 11.1. The molecule has 0 atom stereocenters. The van der Waals surface area contributed by atoms with Crippen LogP contribution in [-0.4, -0.2) is 5.54 Å². The first-order valence-corrected chi connectivity index (χ1v) is 12.3. The predicted octanol–water partition coefficient (Wildman–Crippen LogP) is 9.21. The van der Waals surface area contributed by atoms with Crippen molar-refractivity contribution in [1.82, 2.24) is 0 Å². The van der Waals surface area contributed by atoms with Gasteiger partial charge in [-0.3, -0.25) is 0 Å². The van der Waals surface area contributed by atoms with Crippen molar-refractivity contribution in [1.29, 1.82) is 0 Å². The van der Waals surface area contributed by atoms with E-state index in [1.54, 1.807) is 0 Å². The van der Waals surface area contributed by atoms with Crippen LogP contribution in [-0.2, 0) is 5.41 Å². The van der Waals surface area contributed by atoms with Crippen LogP contribution in [0.25, 0.3) is 22.3 Å². The molecule has 1 heteroatoms. The predicted molar refractivity (Wildman–Crippen MR) is 147 cm³/mol. The van der Waals surface area contributed by atoms with Crippen LogP contribution in [0.15, 0.2) is 84.9 Å². The summed E-state index contributed by atoms with van der Waals surface area (Å²) in [4.78, 5) is 2.57. The summed E-state index contributed by atoms with van der Waals surface area (Å²) >= 11 is 0. The van der Waals surface area contributed by atoms with Crippen molar-refractivity contribution in [3.8, 4) is 22.3 Å². The number of para-hydroxylation sites is 1. The average Bonchev–Trinajstić information content (AvgIpc) is 3.04. The van der Waals surface area contributed by atoms with Gasteiger partial charge in [-0.2, -0.15) is 0 Å². The van der Waals surface area contributed by atoms with Gasteiger partial charge in [0.15, 0.2) is 0 Å². The molecule has 0 fully saturated rings. The van der Waals surface area contributed by atoms with Crippen LogP contribution in [0.3, 0.4) is 0 Å². The first kappa shape index (κ1) is 22.5. The van der Waals surface area contributed by atoms with E-state index in [1.807, 2.05) is 0 Å². The molecule has 0 aliphatic heterocycles. The van der Waals surface area contributed by atoms with E-state index in [2.05, 4.69) is 138 Å². The Morgan fingerprint density at radius 3 is 2.00 bits per heavy atom. The lowest BCUT2D eigenvalue weighted by Crippen LogP contribution is -2.39. The highest BCUT2D eigenvalue weighted by Gasteiger charge is 2.38. The van der Waals surface area contributed by atoms with Crippen LogP contribution >= 0.6 is 0 Å². The molecule has 4 aromatic rings. The van der Waals surface area contributed by atoms with Crippen LogP contribution < -0.4 is 4.90 Å². The Labute approximate surface area is 205 Å². The van der Waals surface area contributed by atoms with Gasteiger partial charge in [-0.05, 0) is 79.6 Å². The van der Waals surface area contributed by atoms with Gasteiger partial charge in [0.2, 0.25) is 0 Å². The summed E-state index contributed by atoms with van der Waals surface area (Å²) in [5.74, 6) is 0. The van der Waals surface area contributed by atoms with Crippen molar-refractivity contribution in [3.63, 3.8) is 0 Å². The molecule has 0 amide bonds. The van der Waals surface area contributed by atoms with E-state index < -0.39 is 0 Å². The van der Waals surface area contributed by atoms with Crippen LogP contribution in [0.1, 0.15) is 56.9 Å². The Bertz CT molecular complexity index is 1370. The van der Waals surface area contributed by atoms with E-state index >= 15 is 0 Å². The quantitative estimate of drug-likeness (QED) is 0.304. The summed E-state index contributed by atoms with van der Waals surface area (Å²) in [6.07, 6.45) is 0. The van der Waals surface area contributed by atoms with Crippen LogP contribution in [0, 0.1) is 13.8 Å². The molecule has 0 saturated carbocycles. The molecule has 34 heavy (non-hydrogen) atoms. The van der Waals surface area contributed by atoms with Crippen molar-refractivity contribution < 1.29 is 0 Å². The third-order valence-corrected chi connectivity index (χ3v) is 7.41. The number of aryl methyl sites for hydroxylation is 1. The van der Waals surface area contributed by atoms with Gasteiger partial charge >= 0.3 is 0 Å². The smallest absolute Gasteiger partial charge is 0.0525 e. The number of hydrogen-bond donors (Lipinski definition) is 0. The van der Waals surface area contributed by atoms with E-state index in [4.69, 9.17) is 0 Å². The molecule has 4 aromatic carbocycles. The van der Waals surface area contributed by atoms with Crippen LogP contribution in [0.4, 0.5) is 11.4 Å². The zero-order valence-electron chi connectivity index (χ0n) is 21.5. The summed E-state index contributed by atoms with van der Waals surface area (Å²) < 4.78 is 0. The summed E-state index contributed by atoms with van der Waals surface area (Å²) in [6.45, 7) is 16.3. The topological polar surface area (TPSA) is 3.24 Å². The van der Waals surface area contributed by atoms with Gasteiger partial charge in [-0.15, -0.1) is 0 Å². The van der Waals surface area contributed by atoms with Crippen LogP contribution in [0.2, 0.25) is 0 Å². The summed E-state index contributed by atoms with van der Waals surface area (Å²) in [7, 11) is 0. The molecule has 1 aliphatic rings. The van der Waals surface area contributed by atoms with Gasteiger partial charge < -0.3 is 4.90 Å². The monoisotopic (exact) mass is 445 g/mol. The highest BCUT2D eigenvalue weighted by atomic mass is 15.2. The summed E-state index contributed by atoms with van der Waals surface area (Å²) in [5.41, 5.74) is 13.3. The molecular weight excluding hydrogens is 410 g/mol. The van der Waals surface area contributed by atoms with E-state index in [0.29, 0.717) is 0 Å². The fourth-order valence-corrected chi connectivity index (χ4v) is 5.99. The van der Waals surface area contributed by atoms with Gasteiger partial charge in [-0.1, -0.05) is 92.7 Å². The number of hydrogen-bond acceptors (Lipinski definition) is 1. The minimum Gasteiger partial charge on any atom is -0.335 e. The maximum atomic E-state index is 2.57. The molecule has 5 rings (SSSR count). The maximum absolute atomic E-state index is 2.57. The maximum Gasteiger partial charge on any atom is 0.0525 e. The Kier molecular flexibility index (Phi) is 5.20. The lowest BCUT2D eigenvalue weighted by molar-refractivity contribution is 0.557. The Morgan fingerprint density at radius 1 is 0.647 bits per heavy atom. The molecular formula is C33H35N. The highest BCUT2D eigenvalue weighted by molar-refractivity contribution is 5.89. The molecule has 0 bridgehead atoms. The average molecular weight is 446 g/mol. The Hall–Kier alpha value is -3.32. The Balaban J connectivity index is 1.78. The van der Waals surface area contributed by atoms with E-state index in [1.165, 1.54) is 55.9 Å². The molecule has 0 unspecified atom stereocenters. The standard InChI is InChI=1S/C33H35N/c1-22-14-13-18-25(24-15-9-8-10-16-24)31(22)34(32(3,4)5)29-21-20-27-26-17-11-12-19-28(26)33(6,7)30(27)23(29)2/h8-21H,1-7H3. The molecule has 0 N–H and O–H groups in total.